The highest BCUT2D eigenvalue weighted by Crippen LogP contribution is 2.32. The van der Waals surface area contributed by atoms with Crippen molar-refractivity contribution in [3.63, 3.8) is 0 Å². The third-order valence-electron chi connectivity index (χ3n) is 5.09. The van der Waals surface area contributed by atoms with E-state index in [0.29, 0.717) is 21.3 Å². The Morgan fingerprint density at radius 2 is 1.97 bits per heavy atom. The number of benzene rings is 1. The molecule has 2 heterocycles. The van der Waals surface area contributed by atoms with Gasteiger partial charge in [0.15, 0.2) is 0 Å². The van der Waals surface area contributed by atoms with Crippen molar-refractivity contribution < 1.29 is 4.79 Å². The molecule has 1 fully saturated rings. The zero-order valence-corrected chi connectivity index (χ0v) is 18.0. The summed E-state index contributed by atoms with van der Waals surface area (Å²) < 4.78 is 0. The summed E-state index contributed by atoms with van der Waals surface area (Å²) in [6, 6.07) is 9.05. The summed E-state index contributed by atoms with van der Waals surface area (Å²) in [4.78, 5) is 18.6. The summed E-state index contributed by atoms with van der Waals surface area (Å²) in [5.74, 6) is 5.98. The SMILES string of the molecule is CC(NC(=O)N(C)C1CCNCC1)c1ccc(C#Cc2ccccn2)c(Cl)c1Cl. The molecule has 1 unspecified atom stereocenters. The van der Waals surface area contributed by atoms with E-state index in [1.54, 1.807) is 11.1 Å². The number of aromatic nitrogens is 1. The maximum atomic E-state index is 12.6. The molecule has 1 aromatic carbocycles. The number of nitrogens with one attached hydrogen (secondary N) is 2. The summed E-state index contributed by atoms with van der Waals surface area (Å²) in [5, 5.41) is 7.10. The molecular weight excluding hydrogens is 407 g/mol. The molecule has 1 saturated heterocycles. The van der Waals surface area contributed by atoms with Crippen LogP contribution in [0.15, 0.2) is 36.5 Å². The van der Waals surface area contributed by atoms with Crippen LogP contribution in [0.5, 0.6) is 0 Å². The van der Waals surface area contributed by atoms with Crippen LogP contribution in [0.1, 0.15) is 42.6 Å². The minimum Gasteiger partial charge on any atom is -0.331 e. The Labute approximate surface area is 181 Å². The van der Waals surface area contributed by atoms with Crippen LogP contribution in [-0.4, -0.2) is 42.1 Å². The average molecular weight is 431 g/mol. The van der Waals surface area contributed by atoms with E-state index in [4.69, 9.17) is 23.2 Å². The number of halogens is 2. The zero-order chi connectivity index (χ0) is 20.8. The number of pyridine rings is 1. The highest BCUT2D eigenvalue weighted by atomic mass is 35.5. The molecular formula is C22H24Cl2N4O. The highest BCUT2D eigenvalue weighted by molar-refractivity contribution is 6.43. The number of carbonyl (C=O) groups is 1. The van der Waals surface area contributed by atoms with E-state index in [1.165, 1.54) is 0 Å². The van der Waals surface area contributed by atoms with E-state index >= 15 is 0 Å². The van der Waals surface area contributed by atoms with Crippen LogP contribution < -0.4 is 10.6 Å². The van der Waals surface area contributed by atoms with Gasteiger partial charge in [-0.2, -0.15) is 0 Å². The Balaban J connectivity index is 1.71. The van der Waals surface area contributed by atoms with Gasteiger partial charge in [0, 0.05) is 24.8 Å². The maximum absolute atomic E-state index is 12.6. The molecule has 1 atom stereocenters. The molecule has 0 saturated carbocycles. The van der Waals surface area contributed by atoms with Gasteiger partial charge in [-0.15, -0.1) is 0 Å². The molecule has 152 valence electrons. The number of piperidine rings is 1. The summed E-state index contributed by atoms with van der Waals surface area (Å²) in [6.45, 7) is 3.76. The van der Waals surface area contributed by atoms with Crippen LogP contribution in [0.4, 0.5) is 4.79 Å². The Bertz CT molecular complexity index is 918. The van der Waals surface area contributed by atoms with Crippen molar-refractivity contribution in [3.05, 3.63) is 63.4 Å². The van der Waals surface area contributed by atoms with Crippen LogP contribution >= 0.6 is 23.2 Å². The number of hydrogen-bond donors (Lipinski definition) is 2. The first-order chi connectivity index (χ1) is 14.0. The van der Waals surface area contributed by atoms with Crippen molar-refractivity contribution in [2.24, 2.45) is 0 Å². The predicted octanol–water partition coefficient (Wildman–Crippen LogP) is 4.24. The van der Waals surface area contributed by atoms with E-state index in [0.717, 1.165) is 31.5 Å². The fourth-order valence-electron chi connectivity index (χ4n) is 3.29. The lowest BCUT2D eigenvalue weighted by molar-refractivity contribution is 0.174. The fourth-order valence-corrected chi connectivity index (χ4v) is 3.84. The molecule has 0 aliphatic carbocycles. The van der Waals surface area contributed by atoms with Crippen LogP contribution in [-0.2, 0) is 0 Å². The van der Waals surface area contributed by atoms with Gasteiger partial charge in [0.05, 0.1) is 16.1 Å². The smallest absolute Gasteiger partial charge is 0.317 e. The van der Waals surface area contributed by atoms with Gasteiger partial charge in [-0.25, -0.2) is 9.78 Å². The summed E-state index contributed by atoms with van der Waals surface area (Å²) in [6.07, 6.45) is 3.59. The lowest BCUT2D eigenvalue weighted by Gasteiger charge is -2.32. The second-order valence-corrected chi connectivity index (χ2v) is 7.81. The lowest BCUT2D eigenvalue weighted by Crippen LogP contribution is -2.48. The lowest BCUT2D eigenvalue weighted by atomic mass is 10.0. The fraction of sp³-hybridized carbons (Fsp3) is 0.364. The normalized spacial score (nSPS) is 15.2. The van der Waals surface area contributed by atoms with Gasteiger partial charge in [-0.3, -0.25) is 0 Å². The van der Waals surface area contributed by atoms with Gasteiger partial charge in [0.25, 0.3) is 0 Å². The topological polar surface area (TPSA) is 57.3 Å². The summed E-state index contributed by atoms with van der Waals surface area (Å²) in [7, 11) is 1.84. The monoisotopic (exact) mass is 430 g/mol. The summed E-state index contributed by atoms with van der Waals surface area (Å²) >= 11 is 12.9. The number of nitrogens with zero attached hydrogens (tertiary/aromatic N) is 2. The van der Waals surface area contributed by atoms with E-state index in [9.17, 15) is 4.79 Å². The second kappa shape index (κ2) is 9.98. The summed E-state index contributed by atoms with van der Waals surface area (Å²) in [5.41, 5.74) is 2.04. The van der Waals surface area contributed by atoms with Gasteiger partial charge >= 0.3 is 6.03 Å². The van der Waals surface area contributed by atoms with Gasteiger partial charge in [-0.1, -0.05) is 41.3 Å². The standard InChI is InChI=1S/C22H24Cl2N4O/c1-15(27-22(29)28(2)18-10-13-25-14-11-18)19-9-7-16(20(23)21(19)24)6-8-17-5-3-4-12-26-17/h3-5,7,9,12,15,18,25H,10-11,13-14H2,1-2H3,(H,27,29). The van der Waals surface area contributed by atoms with Crippen molar-refractivity contribution in [1.82, 2.24) is 20.5 Å². The predicted molar refractivity (Wildman–Crippen MR) is 117 cm³/mol. The third-order valence-corrected chi connectivity index (χ3v) is 5.98. The van der Waals surface area contributed by atoms with E-state index in [-0.39, 0.29) is 18.1 Å². The van der Waals surface area contributed by atoms with Crippen LogP contribution in [0.3, 0.4) is 0 Å². The zero-order valence-electron chi connectivity index (χ0n) is 16.5. The quantitative estimate of drug-likeness (QED) is 0.715. The number of hydrogen-bond acceptors (Lipinski definition) is 3. The minimum atomic E-state index is -0.283. The number of carbonyl (C=O) groups excluding carboxylic acids is 1. The highest BCUT2D eigenvalue weighted by Gasteiger charge is 2.24. The average Bonchev–Trinajstić information content (AvgIpc) is 2.75. The van der Waals surface area contributed by atoms with Gasteiger partial charge in [0.1, 0.15) is 5.69 Å². The van der Waals surface area contributed by atoms with Gasteiger partial charge in [0.2, 0.25) is 0 Å². The van der Waals surface area contributed by atoms with Crippen molar-refractivity contribution in [2.45, 2.75) is 31.8 Å². The van der Waals surface area contributed by atoms with Crippen LogP contribution in [0, 0.1) is 11.8 Å². The first-order valence-electron chi connectivity index (χ1n) is 9.62. The molecule has 3 rings (SSSR count). The Hall–Kier alpha value is -2.26. The second-order valence-electron chi connectivity index (χ2n) is 7.06. The van der Waals surface area contributed by atoms with Crippen LogP contribution in [0.2, 0.25) is 10.0 Å². The Kier molecular flexibility index (Phi) is 7.38. The van der Waals surface area contributed by atoms with E-state index in [2.05, 4.69) is 27.5 Å². The Morgan fingerprint density at radius 1 is 1.21 bits per heavy atom. The minimum absolute atomic E-state index is 0.115. The maximum Gasteiger partial charge on any atom is 0.317 e. The molecule has 1 aliphatic rings. The molecule has 5 nitrogen and oxygen atoms in total. The van der Waals surface area contributed by atoms with E-state index in [1.807, 2.05) is 44.3 Å². The van der Waals surface area contributed by atoms with Crippen LogP contribution in [0.25, 0.3) is 0 Å². The molecule has 2 N–H and O–H groups in total. The van der Waals surface area contributed by atoms with Crippen molar-refractivity contribution >= 4 is 29.2 Å². The first-order valence-corrected chi connectivity index (χ1v) is 10.4. The first kappa shape index (κ1) is 21.4. The Morgan fingerprint density at radius 3 is 2.66 bits per heavy atom. The molecule has 0 spiro atoms. The van der Waals surface area contributed by atoms with Crippen molar-refractivity contribution in [1.29, 1.82) is 0 Å². The molecule has 2 aromatic rings. The number of rotatable bonds is 3. The van der Waals surface area contributed by atoms with Gasteiger partial charge in [-0.05, 0) is 62.5 Å². The molecule has 0 radical (unpaired) electrons. The largest absolute Gasteiger partial charge is 0.331 e. The van der Waals surface area contributed by atoms with E-state index < -0.39 is 0 Å². The van der Waals surface area contributed by atoms with Crippen molar-refractivity contribution in [2.75, 3.05) is 20.1 Å². The molecule has 1 aromatic heterocycles. The molecule has 7 heteroatoms. The number of amides is 2. The van der Waals surface area contributed by atoms with Gasteiger partial charge < -0.3 is 15.5 Å². The molecule has 2 amide bonds. The molecule has 29 heavy (non-hydrogen) atoms. The third kappa shape index (κ3) is 5.42. The molecule has 1 aliphatic heterocycles. The van der Waals surface area contributed by atoms with Crippen molar-refractivity contribution in [3.8, 4) is 11.8 Å². The molecule has 0 bridgehead atoms. The number of urea groups is 1.